The molecule has 0 aliphatic heterocycles. The molecular weight excluding hydrogens is 252 g/mol. The van der Waals surface area contributed by atoms with Gasteiger partial charge in [-0.3, -0.25) is 0 Å². The van der Waals surface area contributed by atoms with Crippen LogP contribution in [0, 0.1) is 42.4 Å². The first-order valence-corrected chi connectivity index (χ1v) is 9.94. The number of hydrogen-bond donors (Lipinski definition) is 0. The maximum atomic E-state index is 4.58. The van der Waals surface area contributed by atoms with Crippen LogP contribution in [0.1, 0.15) is 91.4 Å². The van der Waals surface area contributed by atoms with E-state index >= 15 is 0 Å². The van der Waals surface area contributed by atoms with Crippen LogP contribution in [0.2, 0.25) is 0 Å². The largest absolute Gasteiger partial charge is 0.0983 e. The second kappa shape index (κ2) is 8.49. The summed E-state index contributed by atoms with van der Waals surface area (Å²) in [5.41, 5.74) is 0. The molecule has 6 unspecified atom stereocenters. The second-order valence-electron chi connectivity index (χ2n) is 8.49. The molecule has 0 aromatic rings. The van der Waals surface area contributed by atoms with E-state index in [1.165, 1.54) is 70.6 Å². The summed E-state index contributed by atoms with van der Waals surface area (Å²) < 4.78 is 0. The minimum absolute atomic E-state index is 0.722. The Balaban J connectivity index is 1.88. The van der Waals surface area contributed by atoms with Gasteiger partial charge in [-0.15, -0.1) is 0 Å². The van der Waals surface area contributed by atoms with E-state index in [9.17, 15) is 0 Å². The molecule has 0 saturated heterocycles. The quantitative estimate of drug-likeness (QED) is 0.467. The topological polar surface area (TPSA) is 0 Å². The zero-order valence-electron chi connectivity index (χ0n) is 14.9. The van der Waals surface area contributed by atoms with Crippen molar-refractivity contribution in [3.63, 3.8) is 0 Å². The van der Waals surface area contributed by atoms with Gasteiger partial charge in [-0.2, -0.15) is 0 Å². The van der Waals surface area contributed by atoms with E-state index in [-0.39, 0.29) is 0 Å². The summed E-state index contributed by atoms with van der Waals surface area (Å²) in [7, 11) is 0. The lowest BCUT2D eigenvalue weighted by Crippen LogP contribution is -2.22. The lowest BCUT2D eigenvalue weighted by molar-refractivity contribution is 0.202. The average molecular weight is 292 g/mol. The zero-order valence-corrected chi connectivity index (χ0v) is 14.9. The third-order valence-electron chi connectivity index (χ3n) is 6.56. The fourth-order valence-corrected chi connectivity index (χ4v) is 4.79. The van der Waals surface area contributed by atoms with Crippen molar-refractivity contribution in [2.24, 2.45) is 35.5 Å². The molecule has 0 N–H and O–H groups in total. The van der Waals surface area contributed by atoms with Gasteiger partial charge in [0.25, 0.3) is 0 Å². The van der Waals surface area contributed by atoms with Crippen molar-refractivity contribution in [2.75, 3.05) is 0 Å². The molecule has 0 aromatic heterocycles. The van der Waals surface area contributed by atoms with E-state index in [4.69, 9.17) is 0 Å². The van der Waals surface area contributed by atoms with E-state index in [0.29, 0.717) is 0 Å². The summed E-state index contributed by atoms with van der Waals surface area (Å²) in [6.45, 7) is 11.9. The summed E-state index contributed by atoms with van der Waals surface area (Å²) in [4.78, 5) is 0. The predicted molar refractivity (Wildman–Crippen MR) is 94.1 cm³/mol. The number of rotatable bonds is 6. The molecule has 0 amide bonds. The Morgan fingerprint density at radius 1 is 0.905 bits per heavy atom. The maximum Gasteiger partial charge on any atom is 0.0983 e. The third kappa shape index (κ3) is 5.53. The Bertz CT molecular complexity index is 282. The minimum Gasteiger partial charge on any atom is -0.0654 e. The highest BCUT2D eigenvalue weighted by molar-refractivity contribution is 4.84. The molecule has 2 aliphatic rings. The Labute approximate surface area is 134 Å². The Hall–Kier alpha value is -0.130. The van der Waals surface area contributed by atoms with Crippen molar-refractivity contribution in [3.8, 4) is 0 Å². The molecule has 2 aliphatic carbocycles. The SMILES string of the molecule is [CH2+]C1CCCC(C)CCC(CCCC2CC2C)C1CCC. The molecule has 2 saturated carbocycles. The van der Waals surface area contributed by atoms with Crippen molar-refractivity contribution in [1.82, 2.24) is 0 Å². The third-order valence-corrected chi connectivity index (χ3v) is 6.56. The molecule has 0 heterocycles. The van der Waals surface area contributed by atoms with Gasteiger partial charge in [0.15, 0.2) is 0 Å². The molecule has 0 nitrogen and oxygen atoms in total. The first-order chi connectivity index (χ1) is 10.1. The lowest BCUT2D eigenvalue weighted by atomic mass is 9.74. The van der Waals surface area contributed by atoms with Crippen LogP contribution in [0.5, 0.6) is 0 Å². The molecule has 2 fully saturated rings. The molecule has 0 spiro atoms. The van der Waals surface area contributed by atoms with Crippen LogP contribution in [0.25, 0.3) is 0 Å². The molecule has 2 rings (SSSR count). The van der Waals surface area contributed by atoms with Crippen LogP contribution >= 0.6 is 0 Å². The second-order valence-corrected chi connectivity index (χ2v) is 8.49. The predicted octanol–water partition coefficient (Wildman–Crippen LogP) is 6.90. The Morgan fingerprint density at radius 3 is 2.29 bits per heavy atom. The van der Waals surface area contributed by atoms with Crippen LogP contribution < -0.4 is 0 Å². The van der Waals surface area contributed by atoms with Gasteiger partial charge in [-0.05, 0) is 62.2 Å². The monoisotopic (exact) mass is 291 g/mol. The molecule has 0 heteroatoms. The molecule has 21 heavy (non-hydrogen) atoms. The number of hydrogen-bond acceptors (Lipinski definition) is 0. The highest BCUT2D eigenvalue weighted by atomic mass is 14.4. The van der Waals surface area contributed by atoms with Gasteiger partial charge in [-0.1, -0.05) is 52.9 Å². The summed E-state index contributed by atoms with van der Waals surface area (Å²) in [6, 6.07) is 0. The Kier molecular flexibility index (Phi) is 6.96. The normalized spacial score (nSPS) is 41.1. The smallest absolute Gasteiger partial charge is 0.0654 e. The molecule has 0 radical (unpaired) electrons. The van der Waals surface area contributed by atoms with Crippen LogP contribution in [-0.2, 0) is 0 Å². The molecule has 122 valence electrons. The first kappa shape index (κ1) is 17.2. The van der Waals surface area contributed by atoms with Gasteiger partial charge in [0.2, 0.25) is 0 Å². The lowest BCUT2D eigenvalue weighted by Gasteiger charge is -2.28. The Morgan fingerprint density at radius 2 is 1.62 bits per heavy atom. The fourth-order valence-electron chi connectivity index (χ4n) is 4.79. The van der Waals surface area contributed by atoms with Gasteiger partial charge in [-0.25, -0.2) is 0 Å². The van der Waals surface area contributed by atoms with Crippen LogP contribution in [0.15, 0.2) is 0 Å². The van der Waals surface area contributed by atoms with Crippen LogP contribution in [0.3, 0.4) is 0 Å². The summed E-state index contributed by atoms with van der Waals surface area (Å²) in [6.07, 6.45) is 16.0. The minimum atomic E-state index is 0.722. The maximum absolute atomic E-state index is 4.58. The highest BCUT2D eigenvalue weighted by Gasteiger charge is 2.34. The van der Waals surface area contributed by atoms with Gasteiger partial charge in [0, 0.05) is 5.92 Å². The molecule has 0 bridgehead atoms. The van der Waals surface area contributed by atoms with E-state index in [0.717, 1.165) is 35.5 Å². The van der Waals surface area contributed by atoms with Crippen molar-refractivity contribution in [1.29, 1.82) is 0 Å². The van der Waals surface area contributed by atoms with Crippen LogP contribution in [-0.4, -0.2) is 0 Å². The first-order valence-electron chi connectivity index (χ1n) is 9.94. The zero-order chi connectivity index (χ0) is 15.2. The van der Waals surface area contributed by atoms with Gasteiger partial charge in [0.05, 0.1) is 12.8 Å². The van der Waals surface area contributed by atoms with Gasteiger partial charge in [0.1, 0.15) is 0 Å². The molecular formula is C21H39+. The van der Waals surface area contributed by atoms with Crippen molar-refractivity contribution < 1.29 is 0 Å². The van der Waals surface area contributed by atoms with Crippen molar-refractivity contribution in [2.45, 2.75) is 91.4 Å². The summed E-state index contributed by atoms with van der Waals surface area (Å²) in [5.74, 6) is 5.68. The van der Waals surface area contributed by atoms with Gasteiger partial charge < -0.3 is 0 Å². The standard InChI is InChI=1S/C21H39/c1-5-8-21-17(3)10-6-9-16(2)13-14-19(21)11-7-12-20-15-18(20)4/h16-21H,3,5-15H2,1-2,4H3/q+1. The fraction of sp³-hybridized carbons (Fsp3) is 0.952. The van der Waals surface area contributed by atoms with Crippen molar-refractivity contribution >= 4 is 0 Å². The van der Waals surface area contributed by atoms with E-state index in [2.05, 4.69) is 27.7 Å². The van der Waals surface area contributed by atoms with Gasteiger partial charge >= 0.3 is 0 Å². The average Bonchev–Trinajstić information content (AvgIpc) is 3.14. The summed E-state index contributed by atoms with van der Waals surface area (Å²) in [5, 5.41) is 0. The van der Waals surface area contributed by atoms with Crippen molar-refractivity contribution in [3.05, 3.63) is 6.92 Å². The molecule has 0 aromatic carbocycles. The van der Waals surface area contributed by atoms with E-state index < -0.39 is 0 Å². The van der Waals surface area contributed by atoms with E-state index in [1.807, 2.05) is 0 Å². The summed E-state index contributed by atoms with van der Waals surface area (Å²) >= 11 is 0. The molecule has 6 atom stereocenters. The van der Waals surface area contributed by atoms with E-state index in [1.54, 1.807) is 0 Å². The highest BCUT2D eigenvalue weighted by Crippen LogP contribution is 2.43. The van der Waals surface area contributed by atoms with Crippen LogP contribution in [0.4, 0.5) is 0 Å².